The Bertz CT molecular complexity index is 646. The van der Waals surface area contributed by atoms with Crippen LogP contribution in [0.5, 0.6) is 0 Å². The van der Waals surface area contributed by atoms with Crippen LogP contribution in [0.3, 0.4) is 0 Å². The fourth-order valence-electron chi connectivity index (χ4n) is 1.75. The molecule has 6 nitrogen and oxygen atoms in total. The number of nitrogens with one attached hydrogen (secondary N) is 1. The molecule has 0 aliphatic carbocycles. The number of benzene rings is 1. The van der Waals surface area contributed by atoms with Crippen LogP contribution in [-0.2, 0) is 14.8 Å². The van der Waals surface area contributed by atoms with E-state index in [4.69, 9.17) is 5.26 Å². The Morgan fingerprint density at radius 3 is 2.36 bits per heavy atom. The van der Waals surface area contributed by atoms with Crippen LogP contribution in [0.25, 0.3) is 0 Å². The molecule has 1 rings (SSSR count). The van der Waals surface area contributed by atoms with Gasteiger partial charge in [-0.2, -0.15) is 9.57 Å². The van der Waals surface area contributed by atoms with Crippen LogP contribution in [0.1, 0.15) is 25.8 Å². The lowest BCUT2D eigenvalue weighted by Gasteiger charge is -2.20. The van der Waals surface area contributed by atoms with Gasteiger partial charge in [-0.15, -0.1) is 0 Å². The Labute approximate surface area is 131 Å². The molecule has 0 radical (unpaired) electrons. The Morgan fingerprint density at radius 1 is 1.32 bits per heavy atom. The molecule has 0 fully saturated rings. The Balaban J connectivity index is 2.68. The van der Waals surface area contributed by atoms with Crippen molar-refractivity contribution >= 4 is 21.6 Å². The average molecular weight is 323 g/mol. The van der Waals surface area contributed by atoms with E-state index in [0.29, 0.717) is 30.1 Å². The molecule has 1 aromatic carbocycles. The number of anilines is 1. The largest absolute Gasteiger partial charge is 0.325 e. The zero-order valence-corrected chi connectivity index (χ0v) is 13.9. The summed E-state index contributed by atoms with van der Waals surface area (Å²) in [6.07, 6.45) is 1.79. The summed E-state index contributed by atoms with van der Waals surface area (Å²) >= 11 is 0. The number of rotatable bonds is 7. The van der Waals surface area contributed by atoms with E-state index in [0.717, 1.165) is 6.26 Å². The summed E-state index contributed by atoms with van der Waals surface area (Å²) in [6, 6.07) is 8.37. The zero-order valence-electron chi connectivity index (χ0n) is 13.0. The number of carbonyl (C=O) groups is 1. The number of amides is 1. The zero-order chi connectivity index (χ0) is 16.8. The SMILES string of the molecule is CC(C)CCN(CC(=O)Nc1ccc(C#N)cc1)S(C)(=O)=O. The molecule has 0 heterocycles. The summed E-state index contributed by atoms with van der Waals surface area (Å²) in [5.41, 5.74) is 1.02. The normalized spacial score (nSPS) is 11.5. The van der Waals surface area contributed by atoms with Crippen molar-refractivity contribution in [3.8, 4) is 6.07 Å². The molecule has 0 aliphatic rings. The van der Waals surface area contributed by atoms with Gasteiger partial charge < -0.3 is 5.32 Å². The number of carbonyl (C=O) groups excluding carboxylic acids is 1. The van der Waals surface area contributed by atoms with Crippen LogP contribution in [-0.4, -0.2) is 38.0 Å². The molecule has 1 amide bonds. The lowest BCUT2D eigenvalue weighted by molar-refractivity contribution is -0.116. The maximum Gasteiger partial charge on any atom is 0.239 e. The molecule has 22 heavy (non-hydrogen) atoms. The van der Waals surface area contributed by atoms with E-state index in [1.165, 1.54) is 4.31 Å². The summed E-state index contributed by atoms with van der Waals surface area (Å²) in [7, 11) is -3.43. The van der Waals surface area contributed by atoms with E-state index < -0.39 is 15.9 Å². The second kappa shape index (κ2) is 7.92. The molecule has 1 N–H and O–H groups in total. The Hall–Kier alpha value is -1.91. The van der Waals surface area contributed by atoms with Crippen molar-refractivity contribution in [3.63, 3.8) is 0 Å². The first-order valence-electron chi connectivity index (χ1n) is 6.97. The molecule has 0 aromatic heterocycles. The molecule has 0 saturated heterocycles. The predicted octanol–water partition coefficient (Wildman–Crippen LogP) is 1.80. The molecule has 0 bridgehead atoms. The first-order valence-corrected chi connectivity index (χ1v) is 8.82. The lowest BCUT2D eigenvalue weighted by atomic mass is 10.1. The molecular formula is C15H21N3O3S. The van der Waals surface area contributed by atoms with Gasteiger partial charge in [0.25, 0.3) is 0 Å². The molecule has 0 unspecified atom stereocenters. The minimum Gasteiger partial charge on any atom is -0.325 e. The van der Waals surface area contributed by atoms with Crippen LogP contribution in [0.4, 0.5) is 5.69 Å². The lowest BCUT2D eigenvalue weighted by Crippen LogP contribution is -2.38. The minimum absolute atomic E-state index is 0.217. The summed E-state index contributed by atoms with van der Waals surface area (Å²) < 4.78 is 24.6. The monoisotopic (exact) mass is 323 g/mol. The van der Waals surface area contributed by atoms with E-state index in [-0.39, 0.29) is 6.54 Å². The van der Waals surface area contributed by atoms with Gasteiger partial charge >= 0.3 is 0 Å². The summed E-state index contributed by atoms with van der Waals surface area (Å²) in [5, 5.41) is 11.3. The average Bonchev–Trinajstić information content (AvgIpc) is 2.42. The minimum atomic E-state index is -3.43. The first kappa shape index (κ1) is 18.1. The molecule has 1 aromatic rings. The molecule has 0 aliphatic heterocycles. The number of hydrogen-bond donors (Lipinski definition) is 1. The second-order valence-corrected chi connectivity index (χ2v) is 7.50. The summed E-state index contributed by atoms with van der Waals surface area (Å²) in [6.45, 7) is 4.09. The van der Waals surface area contributed by atoms with Crippen LogP contribution in [0.15, 0.2) is 24.3 Å². The van der Waals surface area contributed by atoms with Crippen molar-refractivity contribution in [1.82, 2.24) is 4.31 Å². The molecule has 0 spiro atoms. The summed E-state index contributed by atoms with van der Waals surface area (Å²) in [4.78, 5) is 12.0. The van der Waals surface area contributed by atoms with Gasteiger partial charge in [0, 0.05) is 12.2 Å². The Morgan fingerprint density at radius 2 is 1.91 bits per heavy atom. The predicted molar refractivity (Wildman–Crippen MR) is 85.7 cm³/mol. The van der Waals surface area contributed by atoms with Crippen molar-refractivity contribution in [1.29, 1.82) is 5.26 Å². The van der Waals surface area contributed by atoms with Gasteiger partial charge in [-0.3, -0.25) is 4.79 Å². The van der Waals surface area contributed by atoms with Crippen molar-refractivity contribution in [3.05, 3.63) is 29.8 Å². The van der Waals surface area contributed by atoms with Gasteiger partial charge in [-0.05, 0) is 36.6 Å². The highest BCUT2D eigenvalue weighted by atomic mass is 32.2. The molecule has 0 atom stereocenters. The summed E-state index contributed by atoms with van der Waals surface area (Å²) in [5.74, 6) is -0.0512. The molecule has 120 valence electrons. The highest BCUT2D eigenvalue weighted by molar-refractivity contribution is 7.88. The third kappa shape index (κ3) is 6.24. The molecular weight excluding hydrogens is 302 g/mol. The third-order valence-corrected chi connectivity index (χ3v) is 4.29. The van der Waals surface area contributed by atoms with Crippen molar-refractivity contribution < 1.29 is 13.2 Å². The van der Waals surface area contributed by atoms with E-state index in [1.807, 2.05) is 19.9 Å². The van der Waals surface area contributed by atoms with Gasteiger partial charge in [0.1, 0.15) is 0 Å². The van der Waals surface area contributed by atoms with Gasteiger partial charge in [0.2, 0.25) is 15.9 Å². The fraction of sp³-hybridized carbons (Fsp3) is 0.467. The maximum atomic E-state index is 12.0. The van der Waals surface area contributed by atoms with E-state index in [2.05, 4.69) is 5.32 Å². The number of nitrogens with zero attached hydrogens (tertiary/aromatic N) is 2. The number of hydrogen-bond acceptors (Lipinski definition) is 4. The van der Waals surface area contributed by atoms with E-state index >= 15 is 0 Å². The van der Waals surface area contributed by atoms with Gasteiger partial charge in [-0.25, -0.2) is 8.42 Å². The van der Waals surface area contributed by atoms with Gasteiger partial charge in [0.05, 0.1) is 24.4 Å². The number of nitriles is 1. The molecule has 7 heteroatoms. The Kier molecular flexibility index (Phi) is 6.53. The van der Waals surface area contributed by atoms with Gasteiger partial charge in [-0.1, -0.05) is 13.8 Å². The topological polar surface area (TPSA) is 90.3 Å². The highest BCUT2D eigenvalue weighted by Crippen LogP contribution is 2.10. The highest BCUT2D eigenvalue weighted by Gasteiger charge is 2.20. The maximum absolute atomic E-state index is 12.0. The van der Waals surface area contributed by atoms with Crippen LogP contribution < -0.4 is 5.32 Å². The van der Waals surface area contributed by atoms with E-state index in [1.54, 1.807) is 24.3 Å². The first-order chi connectivity index (χ1) is 10.2. The standard InChI is InChI=1S/C15H21N3O3S/c1-12(2)8-9-18(22(3,20)21)11-15(19)17-14-6-4-13(10-16)5-7-14/h4-7,12H,8-9,11H2,1-3H3,(H,17,19). The van der Waals surface area contributed by atoms with Crippen LogP contribution >= 0.6 is 0 Å². The van der Waals surface area contributed by atoms with Gasteiger partial charge in [0.15, 0.2) is 0 Å². The van der Waals surface area contributed by atoms with Crippen molar-refractivity contribution in [2.45, 2.75) is 20.3 Å². The van der Waals surface area contributed by atoms with Crippen molar-refractivity contribution in [2.24, 2.45) is 5.92 Å². The van der Waals surface area contributed by atoms with Crippen LogP contribution in [0, 0.1) is 17.2 Å². The third-order valence-electron chi connectivity index (χ3n) is 3.04. The quantitative estimate of drug-likeness (QED) is 0.828. The molecule has 0 saturated carbocycles. The van der Waals surface area contributed by atoms with Crippen LogP contribution in [0.2, 0.25) is 0 Å². The van der Waals surface area contributed by atoms with Crippen molar-refractivity contribution in [2.75, 3.05) is 24.7 Å². The van der Waals surface area contributed by atoms with E-state index in [9.17, 15) is 13.2 Å². The second-order valence-electron chi connectivity index (χ2n) is 5.52. The fourth-order valence-corrected chi connectivity index (χ4v) is 2.54. The smallest absolute Gasteiger partial charge is 0.239 e. The number of sulfonamides is 1.